The number of aryl methyl sites for hydroxylation is 2. The minimum atomic E-state index is -1.27. The van der Waals surface area contributed by atoms with Crippen LogP contribution in [0.5, 0.6) is 5.75 Å². The zero-order chi connectivity index (χ0) is 23.3. The fraction of sp³-hybridized carbons (Fsp3) is 0.231. The van der Waals surface area contributed by atoms with Gasteiger partial charge in [0.15, 0.2) is 0 Å². The van der Waals surface area contributed by atoms with Crippen LogP contribution in [0.3, 0.4) is 0 Å². The van der Waals surface area contributed by atoms with Crippen molar-refractivity contribution >= 4 is 34.9 Å². The summed E-state index contributed by atoms with van der Waals surface area (Å²) in [5.74, 6) is -0.411. The molecular weight excluding hydrogens is 438 g/mol. The minimum Gasteiger partial charge on any atom is -0.466 e. The molecule has 0 aliphatic carbocycles. The van der Waals surface area contributed by atoms with E-state index >= 15 is 0 Å². The van der Waals surface area contributed by atoms with Crippen LogP contribution in [0.1, 0.15) is 29.7 Å². The summed E-state index contributed by atoms with van der Waals surface area (Å²) in [6.45, 7) is 5.75. The van der Waals surface area contributed by atoms with E-state index in [-0.39, 0.29) is 11.9 Å². The lowest BCUT2D eigenvalue weighted by molar-refractivity contribution is -0.131. The molecule has 2 bridgehead atoms. The van der Waals surface area contributed by atoms with Crippen molar-refractivity contribution in [2.75, 3.05) is 10.2 Å². The average molecular weight is 462 g/mol. The third-order valence-corrected chi connectivity index (χ3v) is 6.63. The van der Waals surface area contributed by atoms with Crippen molar-refractivity contribution in [3.8, 4) is 5.75 Å². The summed E-state index contributed by atoms with van der Waals surface area (Å²) in [5, 5.41) is 6.60. The van der Waals surface area contributed by atoms with Crippen LogP contribution in [0.25, 0.3) is 0 Å². The van der Waals surface area contributed by atoms with Crippen LogP contribution < -0.4 is 20.3 Å². The monoisotopic (exact) mass is 461 g/mol. The number of nitrogens with one attached hydrogen (secondary N) is 2. The fourth-order valence-electron chi connectivity index (χ4n) is 4.88. The lowest BCUT2D eigenvalue weighted by Crippen LogP contribution is -2.72. The van der Waals surface area contributed by atoms with Gasteiger partial charge >= 0.3 is 6.03 Å². The Morgan fingerprint density at radius 1 is 1.09 bits per heavy atom. The van der Waals surface area contributed by atoms with Crippen molar-refractivity contribution in [1.29, 1.82) is 0 Å². The largest absolute Gasteiger partial charge is 0.466 e. The second-order valence-corrected chi connectivity index (χ2v) is 9.16. The Morgan fingerprint density at radius 2 is 1.85 bits per heavy atom. The van der Waals surface area contributed by atoms with Gasteiger partial charge in [0.1, 0.15) is 11.7 Å². The molecule has 3 atom stereocenters. The van der Waals surface area contributed by atoms with Crippen molar-refractivity contribution in [2.24, 2.45) is 5.92 Å². The highest BCUT2D eigenvalue weighted by atomic mass is 35.5. The number of urea groups is 1. The maximum Gasteiger partial charge on any atom is 0.325 e. The summed E-state index contributed by atoms with van der Waals surface area (Å²) in [6.07, 6.45) is 0. The van der Waals surface area contributed by atoms with E-state index in [2.05, 4.69) is 10.6 Å². The van der Waals surface area contributed by atoms with E-state index in [4.69, 9.17) is 16.3 Å². The highest BCUT2D eigenvalue weighted by molar-refractivity contribution is 6.30. The summed E-state index contributed by atoms with van der Waals surface area (Å²) in [6, 6.07) is 19.4. The average Bonchev–Trinajstić information content (AvgIpc) is 2.76. The zero-order valence-electron chi connectivity index (χ0n) is 18.6. The van der Waals surface area contributed by atoms with Crippen molar-refractivity contribution in [2.45, 2.75) is 32.5 Å². The Labute approximate surface area is 197 Å². The van der Waals surface area contributed by atoms with E-state index in [1.807, 2.05) is 62.4 Å². The summed E-state index contributed by atoms with van der Waals surface area (Å²) < 4.78 is 6.45. The molecule has 2 aliphatic rings. The molecule has 168 valence electrons. The molecule has 1 saturated heterocycles. The first-order valence-corrected chi connectivity index (χ1v) is 11.2. The van der Waals surface area contributed by atoms with Gasteiger partial charge in [-0.3, -0.25) is 9.69 Å². The molecule has 7 heteroatoms. The number of fused-ring (bicyclic) bond motifs is 4. The Kier molecular flexibility index (Phi) is 5.05. The molecule has 3 aromatic rings. The number of nitrogens with zero attached hydrogens (tertiary/aromatic N) is 1. The van der Waals surface area contributed by atoms with E-state index in [9.17, 15) is 9.59 Å². The standard InChI is InChI=1S/C26H24ClN3O3/c1-15-9-11-20(16(2)13-15)28-24(31)22-23-19-14-17(27)10-12-21(19)33-26(22,3)30(25(32)29-23)18-7-5-4-6-8-18/h4-14,22-23H,1-3H3,(H,28,31)(H,29,32). The number of amides is 3. The molecule has 33 heavy (non-hydrogen) atoms. The highest BCUT2D eigenvalue weighted by Gasteiger charge is 2.60. The fourth-order valence-corrected chi connectivity index (χ4v) is 5.07. The van der Waals surface area contributed by atoms with Gasteiger partial charge in [-0.1, -0.05) is 47.5 Å². The van der Waals surface area contributed by atoms with E-state index < -0.39 is 17.7 Å². The normalized spacial score (nSPS) is 23.3. The molecule has 2 N–H and O–H groups in total. The van der Waals surface area contributed by atoms with E-state index in [1.54, 1.807) is 25.1 Å². The van der Waals surface area contributed by atoms with E-state index in [0.717, 1.165) is 16.8 Å². The van der Waals surface area contributed by atoms with Crippen LogP contribution in [-0.4, -0.2) is 17.7 Å². The first-order valence-electron chi connectivity index (χ1n) is 10.8. The second-order valence-electron chi connectivity index (χ2n) is 8.72. The van der Waals surface area contributed by atoms with Gasteiger partial charge in [-0.25, -0.2) is 4.79 Å². The van der Waals surface area contributed by atoms with Gasteiger partial charge in [0.25, 0.3) is 0 Å². The van der Waals surface area contributed by atoms with Crippen LogP contribution in [0, 0.1) is 19.8 Å². The number of carbonyl (C=O) groups excluding carboxylic acids is 2. The molecule has 1 fully saturated rings. The maximum atomic E-state index is 13.8. The predicted molar refractivity (Wildman–Crippen MR) is 129 cm³/mol. The van der Waals surface area contributed by atoms with Crippen molar-refractivity contribution in [3.63, 3.8) is 0 Å². The number of hydrogen-bond acceptors (Lipinski definition) is 3. The van der Waals surface area contributed by atoms with Gasteiger partial charge in [0, 0.05) is 22.0 Å². The first-order chi connectivity index (χ1) is 15.8. The maximum absolute atomic E-state index is 13.8. The Balaban J connectivity index is 1.63. The van der Waals surface area contributed by atoms with Gasteiger partial charge in [-0.15, -0.1) is 0 Å². The van der Waals surface area contributed by atoms with Crippen LogP contribution in [0.4, 0.5) is 16.2 Å². The number of anilines is 2. The van der Waals surface area contributed by atoms with Crippen LogP contribution in [0.15, 0.2) is 66.7 Å². The SMILES string of the molecule is Cc1ccc(NC(=O)C2C3NC(=O)N(c4ccccc4)C2(C)Oc2ccc(Cl)cc23)c(C)c1. The summed E-state index contributed by atoms with van der Waals surface area (Å²) in [7, 11) is 0. The minimum absolute atomic E-state index is 0.249. The Hall–Kier alpha value is -3.51. The molecule has 0 radical (unpaired) electrons. The van der Waals surface area contributed by atoms with E-state index in [1.165, 1.54) is 4.90 Å². The molecule has 0 saturated carbocycles. The highest BCUT2D eigenvalue weighted by Crippen LogP contribution is 2.50. The molecule has 3 aromatic carbocycles. The Morgan fingerprint density at radius 3 is 2.58 bits per heavy atom. The molecule has 3 amide bonds. The topological polar surface area (TPSA) is 70.7 Å². The molecule has 0 aromatic heterocycles. The third-order valence-electron chi connectivity index (χ3n) is 6.40. The van der Waals surface area contributed by atoms with Gasteiger partial charge in [0.05, 0.1) is 6.04 Å². The number of benzene rings is 3. The van der Waals surface area contributed by atoms with Crippen molar-refractivity contribution in [3.05, 3.63) is 88.4 Å². The third kappa shape index (κ3) is 3.51. The molecular formula is C26H24ClN3O3. The van der Waals surface area contributed by atoms with Crippen molar-refractivity contribution < 1.29 is 14.3 Å². The molecule has 3 unspecified atom stereocenters. The van der Waals surface area contributed by atoms with Crippen molar-refractivity contribution in [1.82, 2.24) is 5.32 Å². The number of carbonyl (C=O) groups is 2. The molecule has 0 spiro atoms. The molecule has 6 nitrogen and oxygen atoms in total. The smallest absolute Gasteiger partial charge is 0.325 e. The van der Waals surface area contributed by atoms with Crippen LogP contribution in [-0.2, 0) is 4.79 Å². The summed E-state index contributed by atoms with van der Waals surface area (Å²) in [5.41, 5.74) is 2.85. The van der Waals surface area contributed by atoms with Crippen LogP contribution >= 0.6 is 11.6 Å². The predicted octanol–water partition coefficient (Wildman–Crippen LogP) is 5.59. The van der Waals surface area contributed by atoms with Gasteiger partial charge in [-0.2, -0.15) is 0 Å². The van der Waals surface area contributed by atoms with Crippen LogP contribution in [0.2, 0.25) is 5.02 Å². The molecule has 2 heterocycles. The lowest BCUT2D eigenvalue weighted by Gasteiger charge is -2.54. The zero-order valence-corrected chi connectivity index (χ0v) is 19.3. The lowest BCUT2D eigenvalue weighted by atomic mass is 9.78. The number of hydrogen-bond donors (Lipinski definition) is 2. The van der Waals surface area contributed by atoms with Gasteiger partial charge in [-0.05, 0) is 62.7 Å². The number of ether oxygens (including phenoxy) is 1. The first kappa shape index (κ1) is 21.3. The number of para-hydroxylation sites is 1. The quantitative estimate of drug-likeness (QED) is 0.534. The van der Waals surface area contributed by atoms with E-state index in [0.29, 0.717) is 22.0 Å². The Bertz CT molecular complexity index is 1260. The van der Waals surface area contributed by atoms with Gasteiger partial charge < -0.3 is 15.4 Å². The summed E-state index contributed by atoms with van der Waals surface area (Å²) in [4.78, 5) is 28.6. The van der Waals surface area contributed by atoms with Gasteiger partial charge in [0.2, 0.25) is 11.6 Å². The number of rotatable bonds is 3. The number of halogens is 1. The summed E-state index contributed by atoms with van der Waals surface area (Å²) >= 11 is 6.26. The molecule has 5 rings (SSSR count). The second kappa shape index (κ2) is 7.81. The molecule has 2 aliphatic heterocycles.